The predicted octanol–water partition coefficient (Wildman–Crippen LogP) is 4.32. The van der Waals surface area contributed by atoms with Gasteiger partial charge in [0, 0.05) is 6.54 Å². The van der Waals surface area contributed by atoms with Gasteiger partial charge in [-0.15, -0.1) is 0 Å². The summed E-state index contributed by atoms with van der Waals surface area (Å²) < 4.78 is 37.8. The zero-order chi connectivity index (χ0) is 14.7. The van der Waals surface area contributed by atoms with E-state index in [4.69, 9.17) is 11.6 Å². The van der Waals surface area contributed by atoms with Crippen LogP contribution in [0.4, 0.5) is 18.9 Å². The van der Waals surface area contributed by atoms with E-state index in [0.29, 0.717) is 12.8 Å². The van der Waals surface area contributed by atoms with Gasteiger partial charge in [-0.1, -0.05) is 25.4 Å². The minimum absolute atomic E-state index is 0.154. The van der Waals surface area contributed by atoms with Crippen LogP contribution in [0.2, 0.25) is 5.02 Å². The highest BCUT2D eigenvalue weighted by molar-refractivity contribution is 6.33. The largest absolute Gasteiger partial charge is 0.416 e. The predicted molar refractivity (Wildman–Crippen MR) is 70.5 cm³/mol. The SMILES string of the molecule is CCC(O)(CC)CNc1cc(C(F)(F)F)ccc1Cl. The van der Waals surface area contributed by atoms with Crippen molar-refractivity contribution in [1.82, 2.24) is 0 Å². The van der Waals surface area contributed by atoms with E-state index in [0.717, 1.165) is 12.1 Å². The summed E-state index contributed by atoms with van der Waals surface area (Å²) in [5.74, 6) is 0. The molecule has 0 spiro atoms. The molecule has 0 aliphatic carbocycles. The number of aliphatic hydroxyl groups is 1. The molecule has 0 bridgehead atoms. The van der Waals surface area contributed by atoms with E-state index < -0.39 is 17.3 Å². The Morgan fingerprint density at radius 3 is 2.26 bits per heavy atom. The smallest absolute Gasteiger partial charge is 0.388 e. The van der Waals surface area contributed by atoms with Crippen LogP contribution >= 0.6 is 11.6 Å². The summed E-state index contributed by atoms with van der Waals surface area (Å²) in [4.78, 5) is 0. The summed E-state index contributed by atoms with van der Waals surface area (Å²) in [7, 11) is 0. The summed E-state index contributed by atoms with van der Waals surface area (Å²) in [6.45, 7) is 3.79. The van der Waals surface area contributed by atoms with E-state index in [2.05, 4.69) is 5.32 Å². The molecule has 0 saturated carbocycles. The van der Waals surface area contributed by atoms with Crippen LogP contribution < -0.4 is 5.32 Å². The molecule has 0 aliphatic rings. The average Bonchev–Trinajstić information content (AvgIpc) is 2.36. The zero-order valence-electron chi connectivity index (χ0n) is 10.8. The molecular weight excluding hydrogens is 279 g/mol. The fourth-order valence-corrected chi connectivity index (χ4v) is 1.78. The Hall–Kier alpha value is -0.940. The molecule has 0 atom stereocenters. The summed E-state index contributed by atoms with van der Waals surface area (Å²) in [5, 5.41) is 13.1. The summed E-state index contributed by atoms with van der Waals surface area (Å²) >= 11 is 5.85. The number of alkyl halides is 3. The van der Waals surface area contributed by atoms with Crippen LogP contribution in [0.15, 0.2) is 18.2 Å². The third-order valence-corrected chi connectivity index (χ3v) is 3.55. The van der Waals surface area contributed by atoms with Gasteiger partial charge in [0.05, 0.1) is 21.9 Å². The van der Waals surface area contributed by atoms with Crippen LogP contribution in [0, 0.1) is 0 Å². The van der Waals surface area contributed by atoms with Gasteiger partial charge in [-0.3, -0.25) is 0 Å². The molecule has 2 nitrogen and oxygen atoms in total. The van der Waals surface area contributed by atoms with Crippen LogP contribution in [0.3, 0.4) is 0 Å². The monoisotopic (exact) mass is 295 g/mol. The van der Waals surface area contributed by atoms with Gasteiger partial charge in [-0.2, -0.15) is 13.2 Å². The van der Waals surface area contributed by atoms with Crippen molar-refractivity contribution >= 4 is 17.3 Å². The van der Waals surface area contributed by atoms with Gasteiger partial charge in [0.15, 0.2) is 0 Å². The summed E-state index contributed by atoms with van der Waals surface area (Å²) in [5.41, 5.74) is -1.54. The molecular formula is C13H17ClF3NO. The number of rotatable bonds is 5. The van der Waals surface area contributed by atoms with Crippen molar-refractivity contribution in [2.75, 3.05) is 11.9 Å². The lowest BCUT2D eigenvalue weighted by molar-refractivity contribution is -0.137. The molecule has 0 aromatic heterocycles. The molecule has 1 aromatic carbocycles. The van der Waals surface area contributed by atoms with E-state index in [1.807, 2.05) is 13.8 Å². The van der Waals surface area contributed by atoms with Crippen molar-refractivity contribution in [2.24, 2.45) is 0 Å². The first-order valence-electron chi connectivity index (χ1n) is 6.05. The Bertz CT molecular complexity index is 430. The average molecular weight is 296 g/mol. The standard InChI is InChI=1S/C13H17ClF3NO/c1-3-12(19,4-2)8-18-11-7-9(13(15,16)17)5-6-10(11)14/h5-7,18-19H,3-4,8H2,1-2H3. The molecule has 6 heteroatoms. The Balaban J connectivity index is 2.89. The van der Waals surface area contributed by atoms with Crippen molar-refractivity contribution in [3.63, 3.8) is 0 Å². The maximum atomic E-state index is 12.6. The lowest BCUT2D eigenvalue weighted by atomic mass is 9.97. The van der Waals surface area contributed by atoms with Crippen LogP contribution in [-0.4, -0.2) is 17.3 Å². The van der Waals surface area contributed by atoms with Crippen molar-refractivity contribution < 1.29 is 18.3 Å². The van der Waals surface area contributed by atoms with Gasteiger partial charge >= 0.3 is 6.18 Å². The first-order valence-corrected chi connectivity index (χ1v) is 6.42. The molecule has 1 aromatic rings. The van der Waals surface area contributed by atoms with Gasteiger partial charge in [-0.25, -0.2) is 0 Å². The highest BCUT2D eigenvalue weighted by Gasteiger charge is 2.31. The van der Waals surface area contributed by atoms with Crippen molar-refractivity contribution in [3.8, 4) is 0 Å². The third kappa shape index (κ3) is 4.28. The topological polar surface area (TPSA) is 32.3 Å². The molecule has 0 amide bonds. The molecule has 0 radical (unpaired) electrons. The second kappa shape index (κ2) is 6.01. The first-order chi connectivity index (χ1) is 8.72. The van der Waals surface area contributed by atoms with Crippen molar-refractivity contribution in [3.05, 3.63) is 28.8 Å². The minimum atomic E-state index is -4.41. The normalized spacial score (nSPS) is 12.6. The molecule has 1 rings (SSSR count). The Kier molecular flexibility index (Phi) is 5.10. The second-order valence-electron chi connectivity index (χ2n) is 4.48. The Morgan fingerprint density at radius 2 is 1.79 bits per heavy atom. The molecule has 0 fully saturated rings. The van der Waals surface area contributed by atoms with Gasteiger partial charge in [0.1, 0.15) is 0 Å². The maximum absolute atomic E-state index is 12.6. The maximum Gasteiger partial charge on any atom is 0.416 e. The molecule has 0 aliphatic heterocycles. The van der Waals surface area contributed by atoms with Crippen LogP contribution in [0.5, 0.6) is 0 Å². The van der Waals surface area contributed by atoms with E-state index in [1.54, 1.807) is 0 Å². The van der Waals surface area contributed by atoms with Crippen molar-refractivity contribution in [2.45, 2.75) is 38.5 Å². The number of halogens is 4. The first kappa shape index (κ1) is 16.1. The second-order valence-corrected chi connectivity index (χ2v) is 4.88. The van der Waals surface area contributed by atoms with E-state index in [-0.39, 0.29) is 17.3 Å². The highest BCUT2D eigenvalue weighted by atomic mass is 35.5. The lowest BCUT2D eigenvalue weighted by Crippen LogP contribution is -2.35. The van der Waals surface area contributed by atoms with E-state index >= 15 is 0 Å². The number of nitrogens with one attached hydrogen (secondary N) is 1. The molecule has 108 valence electrons. The number of hydrogen-bond donors (Lipinski definition) is 2. The minimum Gasteiger partial charge on any atom is -0.388 e. The molecule has 19 heavy (non-hydrogen) atoms. The number of hydrogen-bond acceptors (Lipinski definition) is 2. The van der Waals surface area contributed by atoms with Crippen LogP contribution in [0.25, 0.3) is 0 Å². The van der Waals surface area contributed by atoms with Gasteiger partial charge in [-0.05, 0) is 31.0 Å². The molecule has 0 heterocycles. The summed E-state index contributed by atoms with van der Waals surface area (Å²) in [6, 6.07) is 3.08. The third-order valence-electron chi connectivity index (χ3n) is 3.22. The van der Waals surface area contributed by atoms with Gasteiger partial charge < -0.3 is 10.4 Å². The summed E-state index contributed by atoms with van der Waals surface area (Å²) in [6.07, 6.45) is -3.40. The lowest BCUT2D eigenvalue weighted by Gasteiger charge is -2.26. The Morgan fingerprint density at radius 1 is 1.21 bits per heavy atom. The fraction of sp³-hybridized carbons (Fsp3) is 0.538. The van der Waals surface area contributed by atoms with Crippen molar-refractivity contribution in [1.29, 1.82) is 0 Å². The number of benzene rings is 1. The van der Waals surface area contributed by atoms with Crippen LogP contribution in [-0.2, 0) is 6.18 Å². The van der Waals surface area contributed by atoms with Crippen LogP contribution in [0.1, 0.15) is 32.3 Å². The zero-order valence-corrected chi connectivity index (χ0v) is 11.6. The fourth-order valence-electron chi connectivity index (χ4n) is 1.60. The molecule has 2 N–H and O–H groups in total. The Labute approximate surface area is 115 Å². The van der Waals surface area contributed by atoms with Gasteiger partial charge in [0.2, 0.25) is 0 Å². The molecule has 0 unspecified atom stereocenters. The van der Waals surface area contributed by atoms with Gasteiger partial charge in [0.25, 0.3) is 0 Å². The molecule has 0 saturated heterocycles. The van der Waals surface area contributed by atoms with E-state index in [1.165, 1.54) is 6.07 Å². The quantitative estimate of drug-likeness (QED) is 0.848. The number of anilines is 1. The highest BCUT2D eigenvalue weighted by Crippen LogP contribution is 2.34. The van der Waals surface area contributed by atoms with E-state index in [9.17, 15) is 18.3 Å².